The van der Waals surface area contributed by atoms with E-state index in [0.29, 0.717) is 25.0 Å². The van der Waals surface area contributed by atoms with Gasteiger partial charge in [0.2, 0.25) is 15.9 Å². The molecule has 0 bridgehead atoms. The van der Waals surface area contributed by atoms with Crippen LogP contribution in [0.1, 0.15) is 17.5 Å². The standard InChI is InChI=1S/C20H22ClF3N2O5S/c1-30-10-11-31-15-4-2-14(3-5-15)13-25-19(27)8-9-26-32(28,29)16-6-7-18(21)17(12-16)20(22,23)24/h2-7,12,26H,8-11,13H2,1H3,(H,25,27). The minimum absolute atomic E-state index is 0.197. The van der Waals surface area contributed by atoms with Crippen molar-refractivity contribution in [3.8, 4) is 5.75 Å². The average molecular weight is 495 g/mol. The first-order chi connectivity index (χ1) is 15.0. The van der Waals surface area contributed by atoms with Crippen molar-refractivity contribution in [3.05, 3.63) is 58.6 Å². The summed E-state index contributed by atoms with van der Waals surface area (Å²) >= 11 is 5.50. The van der Waals surface area contributed by atoms with Gasteiger partial charge in [0.15, 0.2) is 0 Å². The van der Waals surface area contributed by atoms with E-state index >= 15 is 0 Å². The van der Waals surface area contributed by atoms with Crippen LogP contribution in [-0.4, -0.2) is 41.2 Å². The van der Waals surface area contributed by atoms with Gasteiger partial charge in [-0.15, -0.1) is 0 Å². The molecule has 0 saturated heterocycles. The molecule has 0 saturated carbocycles. The molecule has 0 radical (unpaired) electrons. The summed E-state index contributed by atoms with van der Waals surface area (Å²) in [5, 5.41) is 2.03. The molecule has 7 nitrogen and oxygen atoms in total. The van der Waals surface area contributed by atoms with Crippen LogP contribution in [0.5, 0.6) is 5.75 Å². The molecule has 12 heteroatoms. The molecule has 176 valence electrons. The van der Waals surface area contributed by atoms with Gasteiger partial charge in [0.1, 0.15) is 12.4 Å². The van der Waals surface area contributed by atoms with E-state index in [1.165, 1.54) is 0 Å². The van der Waals surface area contributed by atoms with Crippen LogP contribution in [0.2, 0.25) is 5.02 Å². The molecule has 0 aliphatic heterocycles. The van der Waals surface area contributed by atoms with E-state index in [-0.39, 0.29) is 19.5 Å². The molecular formula is C20H22ClF3N2O5S. The number of amides is 1. The van der Waals surface area contributed by atoms with Crippen molar-refractivity contribution in [2.24, 2.45) is 0 Å². The Labute approximate surface area is 188 Å². The number of nitrogens with one attached hydrogen (secondary N) is 2. The second kappa shape index (κ2) is 11.5. The maximum Gasteiger partial charge on any atom is 0.417 e. The number of alkyl halides is 3. The van der Waals surface area contributed by atoms with E-state index in [0.717, 1.165) is 17.7 Å². The molecule has 0 spiro atoms. The highest BCUT2D eigenvalue weighted by molar-refractivity contribution is 7.89. The van der Waals surface area contributed by atoms with Crippen molar-refractivity contribution in [1.29, 1.82) is 0 Å². The topological polar surface area (TPSA) is 93.7 Å². The number of benzene rings is 2. The molecule has 0 aliphatic rings. The number of carbonyl (C=O) groups is 1. The van der Waals surface area contributed by atoms with Gasteiger partial charge < -0.3 is 14.8 Å². The van der Waals surface area contributed by atoms with E-state index in [1.807, 2.05) is 0 Å². The highest BCUT2D eigenvalue weighted by Crippen LogP contribution is 2.35. The Balaban J connectivity index is 1.82. The molecule has 0 fully saturated rings. The first-order valence-electron chi connectivity index (χ1n) is 9.36. The number of sulfonamides is 1. The van der Waals surface area contributed by atoms with E-state index in [2.05, 4.69) is 10.0 Å². The van der Waals surface area contributed by atoms with E-state index < -0.39 is 37.6 Å². The largest absolute Gasteiger partial charge is 0.491 e. The highest BCUT2D eigenvalue weighted by atomic mass is 35.5. The van der Waals surface area contributed by atoms with E-state index in [1.54, 1.807) is 31.4 Å². The van der Waals surface area contributed by atoms with Crippen molar-refractivity contribution in [3.63, 3.8) is 0 Å². The first-order valence-corrected chi connectivity index (χ1v) is 11.2. The third-order valence-electron chi connectivity index (χ3n) is 4.17. The summed E-state index contributed by atoms with van der Waals surface area (Å²) in [4.78, 5) is 11.4. The molecular weight excluding hydrogens is 473 g/mol. The quantitative estimate of drug-likeness (QED) is 0.467. The van der Waals surface area contributed by atoms with Crippen LogP contribution in [-0.2, 0) is 32.3 Å². The van der Waals surface area contributed by atoms with Crippen molar-refractivity contribution < 1.29 is 35.9 Å². The Kier molecular flexibility index (Phi) is 9.32. The Bertz CT molecular complexity index is 1010. The molecule has 2 aromatic rings. The summed E-state index contributed by atoms with van der Waals surface area (Å²) in [5.74, 6) is 0.225. The van der Waals surface area contributed by atoms with Crippen LogP contribution in [0, 0.1) is 0 Å². The van der Waals surface area contributed by atoms with Gasteiger partial charge in [-0.1, -0.05) is 23.7 Å². The Hall–Kier alpha value is -2.34. The lowest BCUT2D eigenvalue weighted by atomic mass is 10.2. The Morgan fingerprint density at radius 2 is 1.78 bits per heavy atom. The minimum Gasteiger partial charge on any atom is -0.491 e. The van der Waals surface area contributed by atoms with E-state index in [9.17, 15) is 26.4 Å². The van der Waals surface area contributed by atoms with Crippen LogP contribution < -0.4 is 14.8 Å². The number of methoxy groups -OCH3 is 1. The average Bonchev–Trinajstić information content (AvgIpc) is 2.72. The van der Waals surface area contributed by atoms with Crippen molar-refractivity contribution >= 4 is 27.5 Å². The lowest BCUT2D eigenvalue weighted by Gasteiger charge is -2.12. The molecule has 2 aromatic carbocycles. The lowest BCUT2D eigenvalue weighted by molar-refractivity contribution is -0.137. The summed E-state index contributed by atoms with van der Waals surface area (Å²) in [5.41, 5.74) is -0.450. The van der Waals surface area contributed by atoms with Gasteiger partial charge in [-0.05, 0) is 35.9 Å². The third-order valence-corrected chi connectivity index (χ3v) is 5.96. The smallest absolute Gasteiger partial charge is 0.417 e. The van der Waals surface area contributed by atoms with Crippen LogP contribution in [0.15, 0.2) is 47.4 Å². The summed E-state index contributed by atoms with van der Waals surface area (Å²) < 4.78 is 75.7. The molecule has 2 N–H and O–H groups in total. The SMILES string of the molecule is COCCOc1ccc(CNC(=O)CCNS(=O)(=O)c2ccc(Cl)c(C(F)(F)F)c2)cc1. The van der Waals surface area contributed by atoms with Gasteiger partial charge in [0, 0.05) is 26.6 Å². The summed E-state index contributed by atoms with van der Waals surface area (Å²) in [7, 11) is -2.68. The zero-order chi connectivity index (χ0) is 23.8. The molecule has 0 heterocycles. The fourth-order valence-corrected chi connectivity index (χ4v) is 3.79. The summed E-state index contributed by atoms with van der Waals surface area (Å²) in [6.07, 6.45) is -4.99. The maximum atomic E-state index is 12.9. The Morgan fingerprint density at radius 3 is 2.41 bits per heavy atom. The number of carbonyl (C=O) groups excluding carboxylic acids is 1. The third kappa shape index (κ3) is 7.97. The monoisotopic (exact) mass is 494 g/mol. The highest BCUT2D eigenvalue weighted by Gasteiger charge is 2.34. The first kappa shape index (κ1) is 25.9. The zero-order valence-electron chi connectivity index (χ0n) is 17.0. The van der Waals surface area contributed by atoms with Crippen LogP contribution in [0.4, 0.5) is 13.2 Å². The van der Waals surface area contributed by atoms with Crippen molar-refractivity contribution in [2.75, 3.05) is 26.9 Å². The number of hydrogen-bond acceptors (Lipinski definition) is 5. The fraction of sp³-hybridized carbons (Fsp3) is 0.350. The zero-order valence-corrected chi connectivity index (χ0v) is 18.6. The number of ether oxygens (including phenoxy) is 2. The van der Waals surface area contributed by atoms with Gasteiger partial charge in [0.25, 0.3) is 0 Å². The number of rotatable bonds is 11. The maximum absolute atomic E-state index is 12.9. The predicted molar refractivity (Wildman–Crippen MR) is 112 cm³/mol. The van der Waals surface area contributed by atoms with Gasteiger partial charge in [0.05, 0.1) is 22.1 Å². The fourth-order valence-electron chi connectivity index (χ4n) is 2.51. The van der Waals surface area contributed by atoms with Gasteiger partial charge in [-0.3, -0.25) is 4.79 Å². The number of halogens is 4. The van der Waals surface area contributed by atoms with Gasteiger partial charge in [-0.25, -0.2) is 13.1 Å². The van der Waals surface area contributed by atoms with E-state index in [4.69, 9.17) is 21.1 Å². The molecule has 0 aromatic heterocycles. The number of hydrogen-bond donors (Lipinski definition) is 2. The normalized spacial score (nSPS) is 11.9. The van der Waals surface area contributed by atoms with Crippen LogP contribution in [0.3, 0.4) is 0 Å². The summed E-state index contributed by atoms with van der Waals surface area (Å²) in [6.45, 7) is 0.805. The minimum atomic E-state index is -4.79. The molecule has 0 unspecified atom stereocenters. The van der Waals surface area contributed by atoms with Crippen LogP contribution >= 0.6 is 11.6 Å². The second-order valence-corrected chi connectivity index (χ2v) is 8.72. The van der Waals surface area contributed by atoms with Crippen molar-refractivity contribution in [2.45, 2.75) is 24.0 Å². The summed E-state index contributed by atoms with van der Waals surface area (Å²) in [6, 6.07) is 9.29. The molecule has 0 atom stereocenters. The molecule has 0 aliphatic carbocycles. The van der Waals surface area contributed by atoms with Crippen molar-refractivity contribution in [1.82, 2.24) is 10.0 Å². The lowest BCUT2D eigenvalue weighted by Crippen LogP contribution is -2.30. The molecule has 2 rings (SSSR count). The van der Waals surface area contributed by atoms with Crippen LogP contribution in [0.25, 0.3) is 0 Å². The van der Waals surface area contributed by atoms with Gasteiger partial charge in [-0.2, -0.15) is 13.2 Å². The predicted octanol–water partition coefficient (Wildman–Crippen LogP) is 3.37. The molecule has 1 amide bonds. The molecule has 32 heavy (non-hydrogen) atoms. The van der Waals surface area contributed by atoms with Gasteiger partial charge >= 0.3 is 6.18 Å². The second-order valence-electron chi connectivity index (χ2n) is 6.55. The Morgan fingerprint density at radius 1 is 1.09 bits per heavy atom.